The van der Waals surface area contributed by atoms with E-state index in [9.17, 15) is 8.42 Å². The van der Waals surface area contributed by atoms with Crippen LogP contribution in [0.3, 0.4) is 0 Å². The second kappa shape index (κ2) is 4.12. The lowest BCUT2D eigenvalue weighted by molar-refractivity contribution is 0.392. The van der Waals surface area contributed by atoms with Crippen LogP contribution < -0.4 is 0 Å². The van der Waals surface area contributed by atoms with Crippen molar-refractivity contribution in [1.29, 1.82) is 0 Å². The van der Waals surface area contributed by atoms with Gasteiger partial charge in [-0.15, -0.1) is 0 Å². The van der Waals surface area contributed by atoms with Crippen molar-refractivity contribution in [2.45, 2.75) is 11.4 Å². The molecule has 1 aromatic carbocycles. The van der Waals surface area contributed by atoms with Crippen LogP contribution >= 0.6 is 0 Å². The minimum Gasteiger partial charge on any atom is -0.341 e. The Balaban J connectivity index is 2.61. The minimum atomic E-state index is -3.24. The first-order valence-corrected chi connectivity index (χ1v) is 7.09. The van der Waals surface area contributed by atoms with Crippen LogP contribution in [0.25, 0.3) is 11.0 Å². The van der Waals surface area contributed by atoms with Crippen molar-refractivity contribution in [3.8, 4) is 0 Å². The molecule has 1 aromatic heterocycles. The third kappa shape index (κ3) is 2.48. The standard InChI is InChI=1S/C11H15N3O2S/c1-14(2)7-10-12-8-5-4-6-9(11(8)13-10)17(3,15)16/h4-6H,7H2,1-3H3,(H,12,13). The van der Waals surface area contributed by atoms with Crippen LogP contribution in [0.2, 0.25) is 0 Å². The molecule has 1 N–H and O–H groups in total. The Kier molecular flexibility index (Phi) is 2.92. The van der Waals surface area contributed by atoms with Gasteiger partial charge in [0.05, 0.1) is 17.0 Å². The number of para-hydroxylation sites is 1. The Morgan fingerprint density at radius 3 is 2.65 bits per heavy atom. The van der Waals surface area contributed by atoms with Gasteiger partial charge in [0.2, 0.25) is 0 Å². The SMILES string of the molecule is CN(C)Cc1nc2c(S(C)(=O)=O)cccc2[nH]1. The highest BCUT2D eigenvalue weighted by molar-refractivity contribution is 7.91. The quantitative estimate of drug-likeness (QED) is 0.887. The maximum absolute atomic E-state index is 11.6. The number of imidazole rings is 1. The monoisotopic (exact) mass is 253 g/mol. The van der Waals surface area contributed by atoms with E-state index < -0.39 is 9.84 Å². The first kappa shape index (κ1) is 12.1. The van der Waals surface area contributed by atoms with E-state index in [-0.39, 0.29) is 4.90 Å². The number of aromatic amines is 1. The number of H-pyrrole nitrogens is 1. The Hall–Kier alpha value is -1.40. The minimum absolute atomic E-state index is 0.274. The number of sulfone groups is 1. The summed E-state index contributed by atoms with van der Waals surface area (Å²) in [4.78, 5) is 9.71. The van der Waals surface area contributed by atoms with Gasteiger partial charge in [0, 0.05) is 6.26 Å². The van der Waals surface area contributed by atoms with E-state index in [1.54, 1.807) is 12.1 Å². The van der Waals surface area contributed by atoms with Crippen molar-refractivity contribution in [3.05, 3.63) is 24.0 Å². The molecule has 0 aliphatic carbocycles. The average molecular weight is 253 g/mol. The number of benzene rings is 1. The van der Waals surface area contributed by atoms with Crippen LogP contribution in [-0.4, -0.2) is 43.6 Å². The molecular weight excluding hydrogens is 238 g/mol. The number of hydrogen-bond donors (Lipinski definition) is 1. The number of nitrogens with one attached hydrogen (secondary N) is 1. The lowest BCUT2D eigenvalue weighted by Gasteiger charge is -2.05. The molecule has 1 heterocycles. The summed E-state index contributed by atoms with van der Waals surface area (Å²) in [6.07, 6.45) is 1.20. The summed E-state index contributed by atoms with van der Waals surface area (Å²) in [5.41, 5.74) is 1.27. The van der Waals surface area contributed by atoms with Gasteiger partial charge in [-0.25, -0.2) is 13.4 Å². The highest BCUT2D eigenvalue weighted by atomic mass is 32.2. The molecule has 0 saturated carbocycles. The third-order valence-electron chi connectivity index (χ3n) is 2.39. The molecule has 2 aromatic rings. The van der Waals surface area contributed by atoms with Crippen molar-refractivity contribution in [3.63, 3.8) is 0 Å². The highest BCUT2D eigenvalue weighted by Gasteiger charge is 2.15. The zero-order valence-electron chi connectivity index (χ0n) is 10.1. The van der Waals surface area contributed by atoms with Gasteiger partial charge in [0.1, 0.15) is 11.3 Å². The second-order valence-corrected chi connectivity index (χ2v) is 6.33. The Bertz CT molecular complexity index is 644. The molecule has 0 bridgehead atoms. The van der Waals surface area contributed by atoms with Gasteiger partial charge in [-0.2, -0.15) is 0 Å². The van der Waals surface area contributed by atoms with Gasteiger partial charge in [-0.3, -0.25) is 0 Å². The summed E-state index contributed by atoms with van der Waals surface area (Å²) in [5.74, 6) is 0.765. The maximum Gasteiger partial charge on any atom is 0.177 e. The summed E-state index contributed by atoms with van der Waals surface area (Å²) in [6.45, 7) is 0.651. The van der Waals surface area contributed by atoms with Crippen molar-refractivity contribution < 1.29 is 8.42 Å². The van der Waals surface area contributed by atoms with Gasteiger partial charge < -0.3 is 9.88 Å². The fourth-order valence-corrected chi connectivity index (χ4v) is 2.56. The van der Waals surface area contributed by atoms with E-state index in [1.807, 2.05) is 25.1 Å². The molecule has 0 aliphatic heterocycles. The molecule has 0 aliphatic rings. The van der Waals surface area contributed by atoms with Crippen LogP contribution in [0.1, 0.15) is 5.82 Å². The second-order valence-electron chi connectivity index (χ2n) is 4.35. The Morgan fingerprint density at radius 2 is 2.06 bits per heavy atom. The summed E-state index contributed by atoms with van der Waals surface area (Å²) < 4.78 is 23.2. The number of hydrogen-bond acceptors (Lipinski definition) is 4. The van der Waals surface area contributed by atoms with Crippen molar-refractivity contribution in [2.24, 2.45) is 0 Å². The van der Waals surface area contributed by atoms with Crippen LogP contribution in [0.5, 0.6) is 0 Å². The highest BCUT2D eigenvalue weighted by Crippen LogP contribution is 2.21. The fraction of sp³-hybridized carbons (Fsp3) is 0.364. The summed E-state index contributed by atoms with van der Waals surface area (Å²) in [5, 5.41) is 0. The number of nitrogens with zero attached hydrogens (tertiary/aromatic N) is 2. The fourth-order valence-electron chi connectivity index (χ4n) is 1.73. The molecule has 5 nitrogen and oxygen atoms in total. The molecule has 0 fully saturated rings. The Morgan fingerprint density at radius 1 is 1.35 bits per heavy atom. The lowest BCUT2D eigenvalue weighted by Crippen LogP contribution is -2.11. The van der Waals surface area contributed by atoms with Crippen molar-refractivity contribution in [2.75, 3.05) is 20.4 Å². The van der Waals surface area contributed by atoms with Gasteiger partial charge in [-0.05, 0) is 26.2 Å². The van der Waals surface area contributed by atoms with Crippen molar-refractivity contribution >= 4 is 20.9 Å². The largest absolute Gasteiger partial charge is 0.341 e. The molecule has 2 rings (SSSR count). The molecule has 6 heteroatoms. The molecule has 0 saturated heterocycles. The molecule has 0 amide bonds. The maximum atomic E-state index is 11.6. The molecule has 0 atom stereocenters. The predicted molar refractivity (Wildman–Crippen MR) is 66.6 cm³/mol. The van der Waals surface area contributed by atoms with Crippen LogP contribution in [0.15, 0.2) is 23.1 Å². The van der Waals surface area contributed by atoms with Crippen LogP contribution in [0.4, 0.5) is 0 Å². The molecule has 0 spiro atoms. The number of aromatic nitrogens is 2. The number of rotatable bonds is 3. The van der Waals surface area contributed by atoms with E-state index in [4.69, 9.17) is 0 Å². The first-order valence-electron chi connectivity index (χ1n) is 5.20. The zero-order valence-corrected chi connectivity index (χ0v) is 10.9. The van der Waals surface area contributed by atoms with E-state index in [2.05, 4.69) is 9.97 Å². The van der Waals surface area contributed by atoms with Gasteiger partial charge in [0.25, 0.3) is 0 Å². The normalized spacial score (nSPS) is 12.5. The average Bonchev–Trinajstić information content (AvgIpc) is 2.55. The predicted octanol–water partition coefficient (Wildman–Crippen LogP) is 1.03. The van der Waals surface area contributed by atoms with E-state index in [1.165, 1.54) is 6.26 Å². The molecule has 0 unspecified atom stereocenters. The smallest absolute Gasteiger partial charge is 0.177 e. The van der Waals surface area contributed by atoms with E-state index in [0.29, 0.717) is 12.1 Å². The molecule has 92 valence electrons. The van der Waals surface area contributed by atoms with Crippen LogP contribution in [-0.2, 0) is 16.4 Å². The van der Waals surface area contributed by atoms with Gasteiger partial charge in [-0.1, -0.05) is 6.07 Å². The van der Waals surface area contributed by atoms with E-state index >= 15 is 0 Å². The molecule has 0 radical (unpaired) electrons. The topological polar surface area (TPSA) is 66.1 Å². The lowest BCUT2D eigenvalue weighted by atomic mass is 10.3. The molecular formula is C11H15N3O2S. The third-order valence-corrected chi connectivity index (χ3v) is 3.52. The Labute approximate surface area is 100 Å². The van der Waals surface area contributed by atoms with Crippen LogP contribution in [0, 0.1) is 0 Å². The van der Waals surface area contributed by atoms with Crippen molar-refractivity contribution in [1.82, 2.24) is 14.9 Å². The molecule has 17 heavy (non-hydrogen) atoms. The summed E-state index contributed by atoms with van der Waals surface area (Å²) in [6, 6.07) is 5.13. The van der Waals surface area contributed by atoms with Gasteiger partial charge >= 0.3 is 0 Å². The van der Waals surface area contributed by atoms with E-state index in [0.717, 1.165) is 11.3 Å². The zero-order chi connectivity index (χ0) is 12.6. The number of fused-ring (bicyclic) bond motifs is 1. The first-order chi connectivity index (χ1) is 7.88. The summed E-state index contributed by atoms with van der Waals surface area (Å²) in [7, 11) is 0.630. The summed E-state index contributed by atoms with van der Waals surface area (Å²) >= 11 is 0. The van der Waals surface area contributed by atoms with Gasteiger partial charge in [0.15, 0.2) is 9.84 Å².